The number of thiazole rings is 1. The fraction of sp³-hybridized carbons (Fsp3) is 0.176. The quantitative estimate of drug-likeness (QED) is 0.722. The van der Waals surface area contributed by atoms with Crippen LogP contribution >= 0.6 is 22.7 Å². The minimum Gasteiger partial charge on any atom is -0.391 e. The number of carbonyl (C=O) groups excluding carboxylic acids is 1. The molecule has 2 aromatic heterocycles. The van der Waals surface area contributed by atoms with Gasteiger partial charge in [-0.15, -0.1) is 11.3 Å². The lowest BCUT2D eigenvalue weighted by Crippen LogP contribution is -2.33. The van der Waals surface area contributed by atoms with Crippen molar-refractivity contribution in [3.63, 3.8) is 0 Å². The van der Waals surface area contributed by atoms with Gasteiger partial charge in [-0.3, -0.25) is 4.79 Å². The van der Waals surface area contributed by atoms with Gasteiger partial charge in [0.25, 0.3) is 5.91 Å². The Morgan fingerprint density at radius 2 is 2.04 bits per heavy atom. The topological polar surface area (TPSA) is 62.2 Å². The Hall–Kier alpha value is -2.02. The second-order valence-corrected chi connectivity index (χ2v) is 6.74. The highest BCUT2D eigenvalue weighted by Gasteiger charge is 2.13. The molecule has 0 radical (unpaired) electrons. The number of amides is 1. The van der Waals surface area contributed by atoms with Crippen LogP contribution < -0.4 is 5.32 Å². The maximum atomic E-state index is 12.1. The number of carbonyl (C=O) groups is 1. The zero-order valence-electron chi connectivity index (χ0n) is 12.3. The van der Waals surface area contributed by atoms with Crippen molar-refractivity contribution >= 4 is 28.6 Å². The van der Waals surface area contributed by atoms with Crippen molar-refractivity contribution in [1.82, 2.24) is 10.3 Å². The summed E-state index contributed by atoms with van der Waals surface area (Å²) in [6.45, 7) is 0.207. The number of thiophene rings is 1. The highest BCUT2D eigenvalue weighted by atomic mass is 32.1. The van der Waals surface area contributed by atoms with Crippen LogP contribution in [-0.4, -0.2) is 28.6 Å². The molecule has 0 bridgehead atoms. The fourth-order valence-corrected chi connectivity index (χ4v) is 3.67. The van der Waals surface area contributed by atoms with Crippen LogP contribution in [0.3, 0.4) is 0 Å². The number of rotatable bonds is 6. The molecule has 0 spiro atoms. The Kier molecular flexibility index (Phi) is 5.17. The number of nitrogens with zero attached hydrogens (tertiary/aromatic N) is 1. The van der Waals surface area contributed by atoms with Crippen molar-refractivity contribution in [3.8, 4) is 10.6 Å². The van der Waals surface area contributed by atoms with Crippen molar-refractivity contribution in [3.05, 3.63) is 63.8 Å². The molecule has 3 rings (SSSR count). The summed E-state index contributed by atoms with van der Waals surface area (Å²) in [6, 6.07) is 11.7. The van der Waals surface area contributed by atoms with E-state index >= 15 is 0 Å². The van der Waals surface area contributed by atoms with Crippen LogP contribution in [0.5, 0.6) is 0 Å². The Bertz CT molecular complexity index is 754. The number of nitrogens with one attached hydrogen (secondary N) is 1. The van der Waals surface area contributed by atoms with E-state index in [9.17, 15) is 9.90 Å². The molecule has 0 aliphatic carbocycles. The largest absolute Gasteiger partial charge is 0.391 e. The van der Waals surface area contributed by atoms with Gasteiger partial charge in [0, 0.05) is 29.3 Å². The summed E-state index contributed by atoms with van der Waals surface area (Å²) in [5.74, 6) is -0.255. The molecule has 23 heavy (non-hydrogen) atoms. The summed E-state index contributed by atoms with van der Waals surface area (Å²) in [4.78, 5) is 16.5. The average Bonchev–Trinajstić information content (AvgIpc) is 3.24. The van der Waals surface area contributed by atoms with Crippen LogP contribution in [0.1, 0.15) is 16.1 Å². The van der Waals surface area contributed by atoms with Crippen LogP contribution in [0.4, 0.5) is 0 Å². The van der Waals surface area contributed by atoms with E-state index in [1.165, 1.54) is 11.3 Å². The van der Waals surface area contributed by atoms with Crippen molar-refractivity contribution in [1.29, 1.82) is 0 Å². The third-order valence-electron chi connectivity index (χ3n) is 3.32. The lowest BCUT2D eigenvalue weighted by atomic mass is 10.1. The van der Waals surface area contributed by atoms with Gasteiger partial charge in [0.2, 0.25) is 0 Å². The van der Waals surface area contributed by atoms with E-state index in [1.54, 1.807) is 16.7 Å². The fourth-order valence-electron chi connectivity index (χ4n) is 2.16. The van der Waals surface area contributed by atoms with Gasteiger partial charge in [-0.1, -0.05) is 30.3 Å². The second kappa shape index (κ2) is 7.50. The van der Waals surface area contributed by atoms with Gasteiger partial charge in [-0.2, -0.15) is 11.3 Å². The molecule has 1 unspecified atom stereocenters. The minimum atomic E-state index is -0.615. The van der Waals surface area contributed by atoms with Gasteiger partial charge in [0.1, 0.15) is 10.7 Å². The first-order valence-corrected chi connectivity index (χ1v) is 9.03. The first-order chi connectivity index (χ1) is 11.2. The lowest BCUT2D eigenvalue weighted by Gasteiger charge is -2.11. The van der Waals surface area contributed by atoms with Crippen molar-refractivity contribution < 1.29 is 9.90 Å². The van der Waals surface area contributed by atoms with Gasteiger partial charge in [0.15, 0.2) is 0 Å². The molecule has 0 aliphatic heterocycles. The number of hydrogen-bond donors (Lipinski definition) is 2. The Morgan fingerprint density at radius 3 is 2.78 bits per heavy atom. The minimum absolute atomic E-state index is 0.207. The van der Waals surface area contributed by atoms with Gasteiger partial charge in [0.05, 0.1) is 6.10 Å². The number of benzene rings is 1. The summed E-state index contributed by atoms with van der Waals surface area (Å²) in [5, 5.41) is 19.3. The molecule has 0 aliphatic rings. The second-order valence-electron chi connectivity index (χ2n) is 5.10. The van der Waals surface area contributed by atoms with E-state index < -0.39 is 6.10 Å². The summed E-state index contributed by atoms with van der Waals surface area (Å²) >= 11 is 3.04. The van der Waals surface area contributed by atoms with E-state index in [1.807, 2.05) is 47.2 Å². The predicted molar refractivity (Wildman–Crippen MR) is 93.9 cm³/mol. The highest BCUT2D eigenvalue weighted by molar-refractivity contribution is 7.14. The van der Waals surface area contributed by atoms with Crippen molar-refractivity contribution in [2.45, 2.75) is 12.5 Å². The first-order valence-electron chi connectivity index (χ1n) is 7.20. The molecule has 2 heterocycles. The van der Waals surface area contributed by atoms with Gasteiger partial charge in [-0.25, -0.2) is 4.98 Å². The predicted octanol–water partition coefficient (Wildman–Crippen LogP) is 3.21. The summed E-state index contributed by atoms with van der Waals surface area (Å²) < 4.78 is 0. The molecule has 3 aromatic rings. The van der Waals surface area contributed by atoms with Gasteiger partial charge >= 0.3 is 0 Å². The summed E-state index contributed by atoms with van der Waals surface area (Å²) in [5.41, 5.74) is 2.47. The van der Waals surface area contributed by atoms with Crippen molar-refractivity contribution in [2.24, 2.45) is 0 Å². The SMILES string of the molecule is O=C(NCC(O)Cc1ccccc1)c1csc(-c2ccsc2)n1. The van der Waals surface area contributed by atoms with Crippen LogP contribution in [-0.2, 0) is 6.42 Å². The van der Waals surface area contributed by atoms with Crippen LogP contribution in [0.15, 0.2) is 52.5 Å². The monoisotopic (exact) mass is 344 g/mol. The summed E-state index contributed by atoms with van der Waals surface area (Å²) in [6.07, 6.45) is -0.102. The van der Waals surface area contributed by atoms with Crippen LogP contribution in [0.2, 0.25) is 0 Å². The third kappa shape index (κ3) is 4.25. The van der Waals surface area contributed by atoms with Gasteiger partial charge in [-0.05, 0) is 17.0 Å². The van der Waals surface area contributed by atoms with Crippen molar-refractivity contribution in [2.75, 3.05) is 6.54 Å². The van der Waals surface area contributed by atoms with E-state index in [-0.39, 0.29) is 12.5 Å². The Balaban J connectivity index is 1.53. The van der Waals surface area contributed by atoms with E-state index in [4.69, 9.17) is 0 Å². The number of aliphatic hydroxyl groups is 1. The average molecular weight is 344 g/mol. The molecule has 0 saturated carbocycles. The molecule has 0 saturated heterocycles. The molecule has 2 N–H and O–H groups in total. The zero-order valence-corrected chi connectivity index (χ0v) is 13.9. The molecule has 6 heteroatoms. The summed E-state index contributed by atoms with van der Waals surface area (Å²) in [7, 11) is 0. The van der Waals surface area contributed by atoms with Gasteiger partial charge < -0.3 is 10.4 Å². The molecule has 1 aromatic carbocycles. The smallest absolute Gasteiger partial charge is 0.270 e. The van der Waals surface area contributed by atoms with Crippen LogP contribution in [0, 0.1) is 0 Å². The molecule has 1 amide bonds. The number of aliphatic hydroxyl groups excluding tert-OH is 1. The highest BCUT2D eigenvalue weighted by Crippen LogP contribution is 2.25. The first kappa shape index (κ1) is 15.9. The molecule has 0 fully saturated rings. The third-order valence-corrected chi connectivity index (χ3v) is 4.89. The number of hydrogen-bond acceptors (Lipinski definition) is 5. The Labute approximate surface area is 142 Å². The number of aromatic nitrogens is 1. The zero-order chi connectivity index (χ0) is 16.1. The Morgan fingerprint density at radius 1 is 1.22 bits per heavy atom. The molecular formula is C17H16N2O2S2. The van der Waals surface area contributed by atoms with E-state index in [0.717, 1.165) is 16.1 Å². The maximum absolute atomic E-state index is 12.1. The van der Waals surface area contributed by atoms with Crippen LogP contribution in [0.25, 0.3) is 10.6 Å². The standard InChI is InChI=1S/C17H16N2O2S2/c20-14(8-12-4-2-1-3-5-12)9-18-16(21)15-11-23-17(19-15)13-6-7-22-10-13/h1-7,10-11,14,20H,8-9H2,(H,18,21). The molecule has 4 nitrogen and oxygen atoms in total. The molecule has 118 valence electrons. The molecule has 1 atom stereocenters. The molecular weight excluding hydrogens is 328 g/mol. The van der Waals surface area contributed by atoms with E-state index in [2.05, 4.69) is 10.3 Å². The normalized spacial score (nSPS) is 12.0. The lowest BCUT2D eigenvalue weighted by molar-refractivity contribution is 0.0912. The maximum Gasteiger partial charge on any atom is 0.270 e. The van der Waals surface area contributed by atoms with E-state index in [0.29, 0.717) is 12.1 Å².